The average molecular weight is 225 g/mol. The van der Waals surface area contributed by atoms with E-state index in [0.29, 0.717) is 0 Å². The van der Waals surface area contributed by atoms with Crippen LogP contribution < -0.4 is 5.73 Å². The maximum atomic E-state index is 11.8. The van der Waals surface area contributed by atoms with Gasteiger partial charge >= 0.3 is 6.18 Å². The van der Waals surface area contributed by atoms with Crippen LogP contribution in [0.2, 0.25) is 0 Å². The molecule has 1 rings (SSSR count). The van der Waals surface area contributed by atoms with Crippen molar-refractivity contribution in [2.24, 2.45) is 5.73 Å². The second kappa shape index (κ2) is 5.70. The molecule has 0 aromatic carbocycles. The van der Waals surface area contributed by atoms with Crippen molar-refractivity contribution in [1.82, 2.24) is 0 Å². The second-order valence-corrected chi connectivity index (χ2v) is 4.14. The van der Waals surface area contributed by atoms with Gasteiger partial charge in [0.25, 0.3) is 0 Å². The minimum atomic E-state index is -4.06. The molecule has 5 heteroatoms. The fraction of sp³-hybridized carbons (Fsp3) is 1.00. The van der Waals surface area contributed by atoms with Gasteiger partial charge in [0.05, 0.1) is 6.10 Å². The first-order chi connectivity index (χ1) is 6.97. The Labute approximate surface area is 88.0 Å². The number of rotatable bonds is 4. The van der Waals surface area contributed by atoms with E-state index in [9.17, 15) is 13.2 Å². The summed E-state index contributed by atoms with van der Waals surface area (Å²) in [5, 5.41) is 0. The van der Waals surface area contributed by atoms with Gasteiger partial charge in [0.1, 0.15) is 0 Å². The van der Waals surface area contributed by atoms with Gasteiger partial charge in [-0.3, -0.25) is 0 Å². The molecule has 2 N–H and O–H groups in total. The van der Waals surface area contributed by atoms with Gasteiger partial charge in [-0.1, -0.05) is 0 Å². The Bertz CT molecular complexity index is 184. The molecule has 0 aromatic heterocycles. The van der Waals surface area contributed by atoms with Crippen LogP contribution >= 0.6 is 0 Å². The Morgan fingerprint density at radius 2 is 2.00 bits per heavy atom. The summed E-state index contributed by atoms with van der Waals surface area (Å²) in [5.74, 6) is 0. The second-order valence-electron chi connectivity index (χ2n) is 4.14. The Hall–Kier alpha value is -0.290. The fourth-order valence-electron chi connectivity index (χ4n) is 1.86. The van der Waals surface area contributed by atoms with E-state index < -0.39 is 12.6 Å². The number of alkyl halides is 3. The molecule has 0 bridgehead atoms. The molecule has 0 aromatic rings. The summed E-state index contributed by atoms with van der Waals surface area (Å²) in [5.41, 5.74) is 5.74. The monoisotopic (exact) mass is 225 g/mol. The van der Waals surface area contributed by atoms with Gasteiger partial charge in [0.15, 0.2) is 0 Å². The van der Waals surface area contributed by atoms with Crippen LogP contribution in [0.15, 0.2) is 0 Å². The van der Waals surface area contributed by atoms with E-state index in [0.717, 1.165) is 25.7 Å². The predicted octanol–water partition coefficient (Wildman–Crippen LogP) is 2.62. The van der Waals surface area contributed by atoms with E-state index in [1.165, 1.54) is 0 Å². The largest absolute Gasteiger partial charge is 0.389 e. The zero-order valence-corrected chi connectivity index (χ0v) is 8.72. The molecule has 1 aliphatic carbocycles. The Morgan fingerprint density at radius 3 is 2.60 bits per heavy atom. The lowest BCUT2D eigenvalue weighted by atomic mass is 9.93. The fourth-order valence-corrected chi connectivity index (χ4v) is 1.86. The van der Waals surface area contributed by atoms with Crippen molar-refractivity contribution in [3.8, 4) is 0 Å². The molecule has 0 amide bonds. The molecular formula is C10H18F3NO. The minimum Gasteiger partial charge on any atom is -0.378 e. The summed E-state index contributed by atoms with van der Waals surface area (Å²) in [6.45, 7) is 0.191. The Kier molecular flexibility index (Phi) is 4.86. The lowest BCUT2D eigenvalue weighted by Crippen LogP contribution is -2.32. The first-order valence-electron chi connectivity index (χ1n) is 5.41. The van der Waals surface area contributed by atoms with Crippen LogP contribution in [-0.4, -0.2) is 24.9 Å². The van der Waals surface area contributed by atoms with Crippen LogP contribution in [0.1, 0.15) is 38.5 Å². The molecule has 90 valence electrons. The van der Waals surface area contributed by atoms with Crippen LogP contribution in [0.4, 0.5) is 13.2 Å². The van der Waals surface area contributed by atoms with E-state index in [4.69, 9.17) is 10.5 Å². The topological polar surface area (TPSA) is 35.2 Å². The molecule has 2 unspecified atom stereocenters. The maximum absolute atomic E-state index is 11.8. The van der Waals surface area contributed by atoms with Crippen LogP contribution in [0.3, 0.4) is 0 Å². The van der Waals surface area contributed by atoms with Gasteiger partial charge < -0.3 is 10.5 Å². The first kappa shape index (κ1) is 12.8. The van der Waals surface area contributed by atoms with Gasteiger partial charge in [-0.25, -0.2) is 0 Å². The zero-order chi connectivity index (χ0) is 11.3. The molecular weight excluding hydrogens is 207 g/mol. The molecule has 15 heavy (non-hydrogen) atoms. The highest BCUT2D eigenvalue weighted by atomic mass is 19.4. The quantitative estimate of drug-likeness (QED) is 0.746. The van der Waals surface area contributed by atoms with E-state index in [-0.39, 0.29) is 25.2 Å². The standard InChI is InChI=1S/C10H18F3NO/c11-10(12,13)5-2-6-15-9-4-1-3-8(14)7-9/h8-9H,1-7,14H2. The molecule has 0 aliphatic heterocycles. The van der Waals surface area contributed by atoms with Crippen molar-refractivity contribution in [2.75, 3.05) is 6.61 Å². The highest BCUT2D eigenvalue weighted by Gasteiger charge is 2.26. The third-order valence-corrected chi connectivity index (χ3v) is 2.62. The van der Waals surface area contributed by atoms with Crippen molar-refractivity contribution >= 4 is 0 Å². The molecule has 1 saturated carbocycles. The highest BCUT2D eigenvalue weighted by molar-refractivity contribution is 4.75. The summed E-state index contributed by atoms with van der Waals surface area (Å²) < 4.78 is 40.8. The van der Waals surface area contributed by atoms with Gasteiger partial charge in [-0.2, -0.15) is 13.2 Å². The molecule has 2 atom stereocenters. The smallest absolute Gasteiger partial charge is 0.378 e. The number of hydrogen-bond donors (Lipinski definition) is 1. The van der Waals surface area contributed by atoms with Crippen LogP contribution in [0.25, 0.3) is 0 Å². The number of hydrogen-bond acceptors (Lipinski definition) is 2. The van der Waals surface area contributed by atoms with Gasteiger partial charge in [0.2, 0.25) is 0 Å². The molecule has 0 spiro atoms. The molecule has 0 radical (unpaired) electrons. The van der Waals surface area contributed by atoms with Crippen LogP contribution in [-0.2, 0) is 4.74 Å². The van der Waals surface area contributed by atoms with E-state index in [1.807, 2.05) is 0 Å². The highest BCUT2D eigenvalue weighted by Crippen LogP contribution is 2.23. The SMILES string of the molecule is NC1CCCC(OCCCC(F)(F)F)C1. The van der Waals surface area contributed by atoms with Crippen molar-refractivity contribution in [3.63, 3.8) is 0 Å². The maximum Gasteiger partial charge on any atom is 0.389 e. The van der Waals surface area contributed by atoms with Crippen LogP contribution in [0, 0.1) is 0 Å². The molecule has 0 saturated heterocycles. The third-order valence-electron chi connectivity index (χ3n) is 2.62. The summed E-state index contributed by atoms with van der Waals surface area (Å²) in [6, 6.07) is 0.159. The zero-order valence-electron chi connectivity index (χ0n) is 8.72. The van der Waals surface area contributed by atoms with E-state index >= 15 is 0 Å². The Morgan fingerprint density at radius 1 is 1.27 bits per heavy atom. The molecule has 0 heterocycles. The van der Waals surface area contributed by atoms with Crippen molar-refractivity contribution < 1.29 is 17.9 Å². The molecule has 1 fully saturated rings. The molecule has 1 aliphatic rings. The minimum absolute atomic E-state index is 0.0508. The lowest BCUT2D eigenvalue weighted by molar-refractivity contribution is -0.139. The molecule has 2 nitrogen and oxygen atoms in total. The number of halogens is 3. The number of ether oxygens (including phenoxy) is 1. The Balaban J connectivity index is 2.04. The first-order valence-corrected chi connectivity index (χ1v) is 5.41. The summed E-state index contributed by atoms with van der Waals surface area (Å²) in [6.07, 6.45) is -0.964. The van der Waals surface area contributed by atoms with Gasteiger partial charge in [-0.05, 0) is 32.1 Å². The van der Waals surface area contributed by atoms with Gasteiger partial charge in [-0.15, -0.1) is 0 Å². The predicted molar refractivity (Wildman–Crippen MR) is 51.5 cm³/mol. The van der Waals surface area contributed by atoms with Crippen molar-refractivity contribution in [2.45, 2.75) is 56.8 Å². The van der Waals surface area contributed by atoms with Crippen molar-refractivity contribution in [3.05, 3.63) is 0 Å². The van der Waals surface area contributed by atoms with Crippen molar-refractivity contribution in [1.29, 1.82) is 0 Å². The summed E-state index contributed by atoms with van der Waals surface area (Å²) in [4.78, 5) is 0. The van der Waals surface area contributed by atoms with E-state index in [1.54, 1.807) is 0 Å². The van der Waals surface area contributed by atoms with Gasteiger partial charge in [0, 0.05) is 19.1 Å². The number of nitrogens with two attached hydrogens (primary N) is 1. The average Bonchev–Trinajstić information content (AvgIpc) is 2.11. The van der Waals surface area contributed by atoms with Crippen LogP contribution in [0.5, 0.6) is 0 Å². The normalized spacial score (nSPS) is 28.0. The summed E-state index contributed by atoms with van der Waals surface area (Å²) >= 11 is 0. The summed E-state index contributed by atoms with van der Waals surface area (Å²) in [7, 11) is 0. The lowest BCUT2D eigenvalue weighted by Gasteiger charge is -2.26. The van der Waals surface area contributed by atoms with E-state index in [2.05, 4.69) is 0 Å². The third kappa shape index (κ3) is 5.99.